The van der Waals surface area contributed by atoms with E-state index in [1.807, 2.05) is 17.7 Å². The van der Waals surface area contributed by atoms with Crippen molar-refractivity contribution in [2.45, 2.75) is 13.5 Å². The maximum absolute atomic E-state index is 4.46. The lowest BCUT2D eigenvalue weighted by molar-refractivity contribution is 0.721. The highest BCUT2D eigenvalue weighted by atomic mass is 15.4. The number of fused-ring (bicyclic) bond motifs is 3. The Morgan fingerprint density at radius 1 is 1.40 bits per heavy atom. The van der Waals surface area contributed by atoms with Gasteiger partial charge in [0.15, 0.2) is 5.82 Å². The molecule has 0 unspecified atom stereocenters. The molecule has 0 amide bonds. The highest BCUT2D eigenvalue weighted by Gasteiger charge is 2.21. The first kappa shape index (κ1) is 8.47. The molecule has 1 aliphatic rings. The van der Waals surface area contributed by atoms with Gasteiger partial charge in [-0.1, -0.05) is 24.3 Å². The number of nitrogens with one attached hydrogen (secondary N) is 1. The molecule has 0 saturated carbocycles. The molecule has 0 spiro atoms. The van der Waals surface area contributed by atoms with Crippen molar-refractivity contribution in [3.63, 3.8) is 0 Å². The Balaban J connectivity index is 2.07. The SMILES string of the molecule is CCNc1nc2n(n1)Cc1ccccc1-2. The smallest absolute Gasteiger partial charge is 0.242 e. The molecule has 76 valence electrons. The number of aromatic nitrogens is 3. The summed E-state index contributed by atoms with van der Waals surface area (Å²) >= 11 is 0. The molecule has 4 heteroatoms. The van der Waals surface area contributed by atoms with Crippen LogP contribution in [0, 0.1) is 0 Å². The summed E-state index contributed by atoms with van der Waals surface area (Å²) in [4.78, 5) is 4.46. The predicted octanol–water partition coefficient (Wildman–Crippen LogP) is 1.74. The van der Waals surface area contributed by atoms with Crippen LogP contribution in [-0.2, 0) is 6.54 Å². The Hall–Kier alpha value is -1.84. The summed E-state index contributed by atoms with van der Waals surface area (Å²) in [6.45, 7) is 3.73. The third-order valence-corrected chi connectivity index (χ3v) is 2.58. The Kier molecular flexibility index (Phi) is 1.74. The van der Waals surface area contributed by atoms with E-state index < -0.39 is 0 Å². The lowest BCUT2D eigenvalue weighted by atomic mass is 10.1. The summed E-state index contributed by atoms with van der Waals surface area (Å²) < 4.78 is 1.95. The topological polar surface area (TPSA) is 42.7 Å². The second kappa shape index (κ2) is 3.08. The summed E-state index contributed by atoms with van der Waals surface area (Å²) in [6, 6.07) is 8.31. The fourth-order valence-corrected chi connectivity index (χ4v) is 1.92. The van der Waals surface area contributed by atoms with Gasteiger partial charge in [-0.15, -0.1) is 5.10 Å². The average molecular weight is 200 g/mol. The third kappa shape index (κ3) is 1.21. The van der Waals surface area contributed by atoms with Gasteiger partial charge in [-0.05, 0) is 12.5 Å². The second-order valence-electron chi connectivity index (χ2n) is 3.60. The highest BCUT2D eigenvalue weighted by Crippen LogP contribution is 2.30. The maximum Gasteiger partial charge on any atom is 0.242 e. The molecule has 0 saturated heterocycles. The van der Waals surface area contributed by atoms with Crippen LogP contribution >= 0.6 is 0 Å². The van der Waals surface area contributed by atoms with E-state index >= 15 is 0 Å². The summed E-state index contributed by atoms with van der Waals surface area (Å²) in [5.74, 6) is 1.70. The normalized spacial score (nSPS) is 12.3. The Morgan fingerprint density at radius 2 is 2.27 bits per heavy atom. The van der Waals surface area contributed by atoms with Crippen molar-refractivity contribution in [3.05, 3.63) is 29.8 Å². The molecular weight excluding hydrogens is 188 g/mol. The van der Waals surface area contributed by atoms with Gasteiger partial charge in [0, 0.05) is 12.1 Å². The minimum absolute atomic E-state index is 0.724. The summed E-state index contributed by atoms with van der Waals surface area (Å²) in [7, 11) is 0. The van der Waals surface area contributed by atoms with Crippen LogP contribution in [-0.4, -0.2) is 21.3 Å². The van der Waals surface area contributed by atoms with Gasteiger partial charge in [0.1, 0.15) is 0 Å². The van der Waals surface area contributed by atoms with Crippen molar-refractivity contribution < 1.29 is 0 Å². The molecule has 0 bridgehead atoms. The van der Waals surface area contributed by atoms with Crippen molar-refractivity contribution in [2.24, 2.45) is 0 Å². The molecular formula is C11H12N4. The number of anilines is 1. The van der Waals surface area contributed by atoms with Gasteiger partial charge in [0.2, 0.25) is 5.95 Å². The Bertz CT molecular complexity index is 501. The van der Waals surface area contributed by atoms with Crippen LogP contribution in [0.2, 0.25) is 0 Å². The zero-order valence-corrected chi connectivity index (χ0v) is 8.57. The zero-order valence-electron chi connectivity index (χ0n) is 8.57. The van der Waals surface area contributed by atoms with Gasteiger partial charge in [-0.3, -0.25) is 0 Å². The van der Waals surface area contributed by atoms with Crippen LogP contribution in [0.4, 0.5) is 5.95 Å². The number of hydrogen-bond donors (Lipinski definition) is 1. The molecule has 2 aromatic rings. The summed E-state index contributed by atoms with van der Waals surface area (Å²) in [5, 5.41) is 7.51. The number of nitrogens with zero attached hydrogens (tertiary/aromatic N) is 3. The first-order chi connectivity index (χ1) is 7.38. The van der Waals surface area contributed by atoms with Crippen molar-refractivity contribution >= 4 is 5.95 Å². The van der Waals surface area contributed by atoms with Gasteiger partial charge in [-0.2, -0.15) is 4.98 Å². The van der Waals surface area contributed by atoms with Crippen LogP contribution in [0.1, 0.15) is 12.5 Å². The molecule has 0 atom stereocenters. The third-order valence-electron chi connectivity index (χ3n) is 2.58. The Labute approximate surface area is 88.0 Å². The fraction of sp³-hybridized carbons (Fsp3) is 0.273. The van der Waals surface area contributed by atoms with Crippen molar-refractivity contribution in [1.82, 2.24) is 14.8 Å². The van der Waals surface area contributed by atoms with Crippen LogP contribution in [0.3, 0.4) is 0 Å². The molecule has 1 aromatic carbocycles. The first-order valence-corrected chi connectivity index (χ1v) is 5.15. The van der Waals surface area contributed by atoms with Gasteiger partial charge < -0.3 is 5.32 Å². The van der Waals surface area contributed by atoms with E-state index in [0.717, 1.165) is 24.9 Å². The summed E-state index contributed by atoms with van der Waals surface area (Å²) in [5.41, 5.74) is 2.50. The van der Waals surface area contributed by atoms with Gasteiger partial charge >= 0.3 is 0 Å². The maximum atomic E-state index is 4.46. The van der Waals surface area contributed by atoms with E-state index in [1.54, 1.807) is 0 Å². The van der Waals surface area contributed by atoms with Crippen molar-refractivity contribution in [1.29, 1.82) is 0 Å². The minimum Gasteiger partial charge on any atom is -0.353 e. The lowest BCUT2D eigenvalue weighted by Crippen LogP contribution is -2.01. The fourth-order valence-electron chi connectivity index (χ4n) is 1.92. The molecule has 2 heterocycles. The van der Waals surface area contributed by atoms with E-state index in [9.17, 15) is 0 Å². The Morgan fingerprint density at radius 3 is 3.13 bits per heavy atom. The van der Waals surface area contributed by atoms with Gasteiger partial charge in [0.25, 0.3) is 0 Å². The molecule has 4 nitrogen and oxygen atoms in total. The number of rotatable bonds is 2. The number of benzene rings is 1. The average Bonchev–Trinajstić information content (AvgIpc) is 2.75. The van der Waals surface area contributed by atoms with Crippen LogP contribution in [0.15, 0.2) is 24.3 Å². The van der Waals surface area contributed by atoms with E-state index in [4.69, 9.17) is 0 Å². The second-order valence-corrected chi connectivity index (χ2v) is 3.60. The molecule has 0 radical (unpaired) electrons. The highest BCUT2D eigenvalue weighted by molar-refractivity contribution is 5.65. The monoisotopic (exact) mass is 200 g/mol. The standard InChI is InChI=1S/C11H12N4/c1-2-12-11-13-10-9-6-4-3-5-8(9)7-15(10)14-11/h3-6H,2,7H2,1H3,(H,12,14). The molecule has 3 rings (SSSR count). The molecule has 0 aliphatic carbocycles. The molecule has 1 aromatic heterocycles. The quantitative estimate of drug-likeness (QED) is 0.685. The van der Waals surface area contributed by atoms with Crippen molar-refractivity contribution in [3.8, 4) is 11.4 Å². The van der Waals surface area contributed by atoms with E-state index in [-0.39, 0.29) is 0 Å². The van der Waals surface area contributed by atoms with Crippen LogP contribution < -0.4 is 5.32 Å². The van der Waals surface area contributed by atoms with Gasteiger partial charge in [-0.25, -0.2) is 4.68 Å². The molecule has 1 N–H and O–H groups in total. The number of hydrogen-bond acceptors (Lipinski definition) is 3. The van der Waals surface area contributed by atoms with E-state index in [2.05, 4.69) is 33.6 Å². The minimum atomic E-state index is 0.724. The van der Waals surface area contributed by atoms with Crippen LogP contribution in [0.25, 0.3) is 11.4 Å². The largest absolute Gasteiger partial charge is 0.353 e. The molecule has 1 aliphatic heterocycles. The van der Waals surface area contributed by atoms with Crippen LogP contribution in [0.5, 0.6) is 0 Å². The zero-order chi connectivity index (χ0) is 10.3. The van der Waals surface area contributed by atoms with E-state index in [1.165, 1.54) is 11.1 Å². The first-order valence-electron chi connectivity index (χ1n) is 5.15. The van der Waals surface area contributed by atoms with Crippen molar-refractivity contribution in [2.75, 3.05) is 11.9 Å². The predicted molar refractivity (Wildman–Crippen MR) is 58.7 cm³/mol. The molecule has 15 heavy (non-hydrogen) atoms. The van der Waals surface area contributed by atoms with Gasteiger partial charge in [0.05, 0.1) is 6.54 Å². The lowest BCUT2D eigenvalue weighted by Gasteiger charge is -1.97. The summed E-state index contributed by atoms with van der Waals surface area (Å²) in [6.07, 6.45) is 0. The van der Waals surface area contributed by atoms with E-state index in [0.29, 0.717) is 0 Å². The molecule has 0 fully saturated rings.